The van der Waals surface area contributed by atoms with Gasteiger partial charge in [0, 0.05) is 29.9 Å². The van der Waals surface area contributed by atoms with Gasteiger partial charge in [-0.3, -0.25) is 4.79 Å². The van der Waals surface area contributed by atoms with Gasteiger partial charge < -0.3 is 10.2 Å². The van der Waals surface area contributed by atoms with E-state index in [1.807, 2.05) is 24.0 Å². The Bertz CT molecular complexity index is 491. The number of nitrogens with zero attached hydrogens (tertiary/aromatic N) is 2. The fourth-order valence-electron chi connectivity index (χ4n) is 3.13. The van der Waals surface area contributed by atoms with Crippen LogP contribution in [-0.4, -0.2) is 34.4 Å². The maximum absolute atomic E-state index is 12.9. The minimum Gasteiger partial charge on any atom is -0.370 e. The van der Waals surface area contributed by atoms with Crippen molar-refractivity contribution in [3.63, 3.8) is 0 Å². The molecule has 0 bridgehead atoms. The molecule has 0 spiro atoms. The number of hydrogen-bond donors (Lipinski definition) is 1. The highest BCUT2D eigenvalue weighted by molar-refractivity contribution is 5.95. The lowest BCUT2D eigenvalue weighted by Crippen LogP contribution is -2.47. The number of anilines is 1. The molecule has 1 aliphatic heterocycles. The predicted octanol–water partition coefficient (Wildman–Crippen LogP) is 3.48. The molecule has 21 heavy (non-hydrogen) atoms. The summed E-state index contributed by atoms with van der Waals surface area (Å²) < 4.78 is 0. The van der Waals surface area contributed by atoms with Gasteiger partial charge in [0.1, 0.15) is 5.82 Å². The summed E-state index contributed by atoms with van der Waals surface area (Å²) >= 11 is 0. The summed E-state index contributed by atoms with van der Waals surface area (Å²) in [4.78, 5) is 19.5. The van der Waals surface area contributed by atoms with E-state index in [0.29, 0.717) is 12.1 Å². The van der Waals surface area contributed by atoms with Crippen LogP contribution in [0.1, 0.15) is 63.0 Å². The second kappa shape index (κ2) is 6.92. The third kappa shape index (κ3) is 3.55. The molecule has 1 aromatic heterocycles. The maximum atomic E-state index is 12.9. The van der Waals surface area contributed by atoms with Gasteiger partial charge >= 0.3 is 0 Å². The largest absolute Gasteiger partial charge is 0.370 e. The van der Waals surface area contributed by atoms with E-state index in [9.17, 15) is 4.79 Å². The Morgan fingerprint density at radius 1 is 1.29 bits per heavy atom. The number of piperidine rings is 1. The number of carbonyl (C=O) groups is 1. The Morgan fingerprint density at radius 3 is 2.52 bits per heavy atom. The van der Waals surface area contributed by atoms with Crippen LogP contribution in [0.5, 0.6) is 0 Å². The van der Waals surface area contributed by atoms with E-state index < -0.39 is 0 Å². The zero-order valence-corrected chi connectivity index (χ0v) is 13.6. The lowest BCUT2D eigenvalue weighted by molar-refractivity contribution is 0.0510. The third-order valence-electron chi connectivity index (χ3n) is 4.27. The Morgan fingerprint density at radius 2 is 1.95 bits per heavy atom. The molecule has 2 atom stereocenters. The fraction of sp³-hybridized carbons (Fsp3) is 0.647. The molecule has 2 heterocycles. The molecule has 116 valence electrons. The van der Waals surface area contributed by atoms with Gasteiger partial charge in [-0.1, -0.05) is 6.92 Å². The van der Waals surface area contributed by atoms with Crippen molar-refractivity contribution in [2.24, 2.45) is 0 Å². The van der Waals surface area contributed by atoms with Crippen LogP contribution < -0.4 is 5.32 Å². The summed E-state index contributed by atoms with van der Waals surface area (Å²) in [6.07, 6.45) is 4.25. The third-order valence-corrected chi connectivity index (χ3v) is 4.27. The summed E-state index contributed by atoms with van der Waals surface area (Å²) in [6.45, 7) is 9.22. The molecule has 4 heteroatoms. The van der Waals surface area contributed by atoms with Crippen LogP contribution in [-0.2, 0) is 6.42 Å². The first-order valence-electron chi connectivity index (χ1n) is 8.14. The smallest absolute Gasteiger partial charge is 0.254 e. The molecule has 1 N–H and O–H groups in total. The first-order chi connectivity index (χ1) is 10.1. The van der Waals surface area contributed by atoms with E-state index in [1.165, 1.54) is 6.42 Å². The van der Waals surface area contributed by atoms with Gasteiger partial charge in [-0.25, -0.2) is 4.98 Å². The number of carbonyl (C=O) groups excluding carboxylic acids is 1. The van der Waals surface area contributed by atoms with Crippen molar-refractivity contribution in [1.82, 2.24) is 9.88 Å². The Kier molecular flexibility index (Phi) is 5.21. The van der Waals surface area contributed by atoms with Gasteiger partial charge in [-0.2, -0.15) is 0 Å². The highest BCUT2D eigenvalue weighted by Crippen LogP contribution is 2.25. The van der Waals surface area contributed by atoms with Gasteiger partial charge in [0.2, 0.25) is 0 Å². The van der Waals surface area contributed by atoms with Gasteiger partial charge in [-0.05, 0) is 58.6 Å². The van der Waals surface area contributed by atoms with Crippen LogP contribution >= 0.6 is 0 Å². The van der Waals surface area contributed by atoms with Crippen LogP contribution in [0, 0.1) is 0 Å². The summed E-state index contributed by atoms with van der Waals surface area (Å²) in [5.41, 5.74) is 1.73. The molecule has 4 nitrogen and oxygen atoms in total. The Labute approximate surface area is 127 Å². The van der Waals surface area contributed by atoms with Gasteiger partial charge in [-0.15, -0.1) is 0 Å². The maximum Gasteiger partial charge on any atom is 0.254 e. The lowest BCUT2D eigenvalue weighted by atomic mass is 9.96. The van der Waals surface area contributed by atoms with Crippen molar-refractivity contribution in [1.29, 1.82) is 0 Å². The highest BCUT2D eigenvalue weighted by atomic mass is 16.2. The summed E-state index contributed by atoms with van der Waals surface area (Å²) in [7, 11) is 0. The van der Waals surface area contributed by atoms with Crippen molar-refractivity contribution < 1.29 is 4.79 Å². The monoisotopic (exact) mass is 289 g/mol. The van der Waals surface area contributed by atoms with Crippen LogP contribution in [0.15, 0.2) is 12.1 Å². The number of likely N-dealkylation sites (tertiary alicyclic amines) is 1. The van der Waals surface area contributed by atoms with E-state index in [1.54, 1.807) is 0 Å². The van der Waals surface area contributed by atoms with Gasteiger partial charge in [0.15, 0.2) is 0 Å². The van der Waals surface area contributed by atoms with Crippen LogP contribution in [0.4, 0.5) is 5.82 Å². The highest BCUT2D eigenvalue weighted by Gasteiger charge is 2.29. The zero-order chi connectivity index (χ0) is 15.4. The average Bonchev–Trinajstić information content (AvgIpc) is 2.47. The number of aromatic nitrogens is 1. The average molecular weight is 289 g/mol. The molecular weight excluding hydrogens is 262 g/mol. The van der Waals surface area contributed by atoms with E-state index in [4.69, 9.17) is 0 Å². The van der Waals surface area contributed by atoms with E-state index in [2.05, 4.69) is 31.1 Å². The lowest BCUT2D eigenvalue weighted by Gasteiger charge is -2.39. The molecule has 0 saturated carbocycles. The first-order valence-corrected chi connectivity index (χ1v) is 8.14. The molecule has 0 aliphatic carbocycles. The number of pyridine rings is 1. The molecule has 1 amide bonds. The minimum absolute atomic E-state index is 0.144. The van der Waals surface area contributed by atoms with Crippen molar-refractivity contribution in [2.75, 3.05) is 11.9 Å². The Hall–Kier alpha value is -1.58. The zero-order valence-electron chi connectivity index (χ0n) is 13.6. The number of rotatable bonds is 4. The topological polar surface area (TPSA) is 45.2 Å². The van der Waals surface area contributed by atoms with E-state index >= 15 is 0 Å². The molecule has 0 aromatic carbocycles. The first kappa shape index (κ1) is 15.8. The number of nitrogens with one attached hydrogen (secondary N) is 1. The molecule has 1 saturated heterocycles. The van der Waals surface area contributed by atoms with Crippen molar-refractivity contribution in [3.8, 4) is 0 Å². The second-order valence-electron chi connectivity index (χ2n) is 5.96. The van der Waals surface area contributed by atoms with Crippen LogP contribution in [0.3, 0.4) is 0 Å². The number of amides is 1. The van der Waals surface area contributed by atoms with Crippen molar-refractivity contribution in [2.45, 2.75) is 65.5 Å². The molecule has 0 unspecified atom stereocenters. The van der Waals surface area contributed by atoms with E-state index in [0.717, 1.165) is 42.9 Å². The number of hydrogen-bond acceptors (Lipinski definition) is 3. The van der Waals surface area contributed by atoms with Crippen molar-refractivity contribution >= 4 is 11.7 Å². The summed E-state index contributed by atoms with van der Waals surface area (Å²) in [5.74, 6) is 0.948. The summed E-state index contributed by atoms with van der Waals surface area (Å²) in [5, 5.41) is 3.22. The molecular formula is C17H27N3O. The predicted molar refractivity (Wildman–Crippen MR) is 86.7 cm³/mol. The second-order valence-corrected chi connectivity index (χ2v) is 5.96. The van der Waals surface area contributed by atoms with Gasteiger partial charge in [0.25, 0.3) is 5.91 Å². The van der Waals surface area contributed by atoms with E-state index in [-0.39, 0.29) is 5.91 Å². The molecule has 0 radical (unpaired) electrons. The number of aryl methyl sites for hydroxylation is 1. The summed E-state index contributed by atoms with van der Waals surface area (Å²) in [6, 6.07) is 4.47. The van der Waals surface area contributed by atoms with Crippen LogP contribution in [0.25, 0.3) is 0 Å². The molecule has 1 aromatic rings. The molecule has 1 aliphatic rings. The van der Waals surface area contributed by atoms with Gasteiger partial charge in [0.05, 0.1) is 0 Å². The molecule has 2 rings (SSSR count). The standard InChI is InChI=1S/C17H27N3O/c1-5-15-10-14(11-16(19-15)18-6-2)17(21)20-12(3)8-7-9-13(20)4/h10-13H,5-9H2,1-4H3,(H,18,19)/t12-,13+. The normalized spacial score (nSPS) is 22.2. The van der Waals surface area contributed by atoms with Crippen molar-refractivity contribution in [3.05, 3.63) is 23.4 Å². The fourth-order valence-corrected chi connectivity index (χ4v) is 3.13. The van der Waals surface area contributed by atoms with Crippen LogP contribution in [0.2, 0.25) is 0 Å². The SMILES string of the molecule is CCNc1cc(C(=O)N2[C@H](C)CCC[C@@H]2C)cc(CC)n1. The molecule has 1 fully saturated rings. The quantitative estimate of drug-likeness (QED) is 0.923. The Balaban J connectivity index is 2.30. The minimum atomic E-state index is 0.144.